The highest BCUT2D eigenvalue weighted by molar-refractivity contribution is 6.01. The van der Waals surface area contributed by atoms with Crippen LogP contribution in [0.2, 0.25) is 0 Å². The van der Waals surface area contributed by atoms with Crippen LogP contribution < -0.4 is 10.2 Å². The molecule has 124 valence electrons. The molecule has 0 atom stereocenters. The molecule has 0 unspecified atom stereocenters. The van der Waals surface area contributed by atoms with Crippen molar-refractivity contribution < 1.29 is 0 Å². The summed E-state index contributed by atoms with van der Waals surface area (Å²) in [5, 5.41) is 3.50. The van der Waals surface area contributed by atoms with Crippen molar-refractivity contribution in [2.45, 2.75) is 6.54 Å². The Kier molecular flexibility index (Phi) is 4.38. The van der Waals surface area contributed by atoms with Crippen molar-refractivity contribution in [3.8, 4) is 0 Å². The highest BCUT2D eigenvalue weighted by Crippen LogP contribution is 2.16. The van der Waals surface area contributed by atoms with E-state index in [0.29, 0.717) is 0 Å². The number of aromatic nitrogens is 2. The fourth-order valence-corrected chi connectivity index (χ4v) is 3.25. The summed E-state index contributed by atoms with van der Waals surface area (Å²) >= 11 is 0. The van der Waals surface area contributed by atoms with Gasteiger partial charge in [0.2, 0.25) is 5.95 Å². The number of rotatable bonds is 4. The molecule has 1 fully saturated rings. The summed E-state index contributed by atoms with van der Waals surface area (Å²) in [6, 6.07) is 10.3. The predicted octanol–water partition coefficient (Wildman–Crippen LogP) is 1.15. The molecule has 4 rings (SSSR count). The number of nitrogens with zero attached hydrogens (tertiary/aromatic N) is 5. The summed E-state index contributed by atoms with van der Waals surface area (Å²) in [6.45, 7) is 6.81. The molecule has 1 N–H and O–H groups in total. The number of hydrogen-bond donors (Lipinski definition) is 1. The standard InChI is InChI=1S/C18H22N6/c1-2-5-16-15(4-1)14-22-17(16)19-8-9-23-10-12-24(13-11-23)18-20-6-3-7-21-18/h1-7H,8-14H2,(H,19,22). The smallest absolute Gasteiger partial charge is 0.225 e. The van der Waals surface area contributed by atoms with E-state index in [1.165, 1.54) is 11.1 Å². The SMILES string of the molecule is c1cnc(N2CCN(CCNC3=NCc4ccccc43)CC2)nc1. The average Bonchev–Trinajstić information content (AvgIpc) is 3.06. The molecule has 1 saturated heterocycles. The van der Waals surface area contributed by atoms with Gasteiger partial charge in [-0.25, -0.2) is 9.97 Å². The minimum absolute atomic E-state index is 0.800. The molecule has 2 aliphatic rings. The molecule has 0 spiro atoms. The van der Waals surface area contributed by atoms with Crippen LogP contribution in [0.3, 0.4) is 0 Å². The predicted molar refractivity (Wildman–Crippen MR) is 95.4 cm³/mol. The Hall–Kier alpha value is -2.47. The van der Waals surface area contributed by atoms with Gasteiger partial charge in [0.25, 0.3) is 0 Å². The van der Waals surface area contributed by atoms with Gasteiger partial charge in [-0.05, 0) is 11.6 Å². The number of anilines is 1. The van der Waals surface area contributed by atoms with Crippen LogP contribution in [0.1, 0.15) is 11.1 Å². The Balaban J connectivity index is 1.23. The van der Waals surface area contributed by atoms with Crippen molar-refractivity contribution in [1.82, 2.24) is 20.2 Å². The highest BCUT2D eigenvalue weighted by atomic mass is 15.3. The Labute approximate surface area is 142 Å². The normalized spacial score (nSPS) is 17.5. The van der Waals surface area contributed by atoms with Gasteiger partial charge in [-0.2, -0.15) is 0 Å². The molecule has 2 aliphatic heterocycles. The maximum absolute atomic E-state index is 4.60. The molecule has 2 aromatic rings. The Morgan fingerprint density at radius 3 is 2.58 bits per heavy atom. The second-order valence-corrected chi connectivity index (χ2v) is 6.13. The van der Waals surface area contributed by atoms with E-state index in [0.717, 1.165) is 57.6 Å². The van der Waals surface area contributed by atoms with E-state index in [-0.39, 0.29) is 0 Å². The summed E-state index contributed by atoms with van der Waals surface area (Å²) in [7, 11) is 0. The lowest BCUT2D eigenvalue weighted by Gasteiger charge is -2.34. The van der Waals surface area contributed by atoms with Crippen LogP contribution in [-0.4, -0.2) is 60.0 Å². The first-order valence-corrected chi connectivity index (χ1v) is 8.51. The lowest BCUT2D eigenvalue weighted by molar-refractivity contribution is 0.260. The molecule has 24 heavy (non-hydrogen) atoms. The first-order chi connectivity index (χ1) is 11.9. The van der Waals surface area contributed by atoms with E-state index in [1.54, 1.807) is 12.4 Å². The van der Waals surface area contributed by atoms with Gasteiger partial charge in [0.05, 0.1) is 6.54 Å². The van der Waals surface area contributed by atoms with Crippen molar-refractivity contribution in [2.75, 3.05) is 44.2 Å². The lowest BCUT2D eigenvalue weighted by atomic mass is 10.1. The van der Waals surface area contributed by atoms with E-state index in [4.69, 9.17) is 0 Å². The van der Waals surface area contributed by atoms with Gasteiger partial charge < -0.3 is 10.2 Å². The number of benzene rings is 1. The van der Waals surface area contributed by atoms with E-state index in [1.807, 2.05) is 6.07 Å². The lowest BCUT2D eigenvalue weighted by Crippen LogP contribution is -2.49. The topological polar surface area (TPSA) is 56.7 Å². The van der Waals surface area contributed by atoms with Crippen molar-refractivity contribution in [2.24, 2.45) is 4.99 Å². The number of hydrogen-bond acceptors (Lipinski definition) is 6. The highest BCUT2D eigenvalue weighted by Gasteiger charge is 2.19. The van der Waals surface area contributed by atoms with Gasteiger partial charge >= 0.3 is 0 Å². The fourth-order valence-electron chi connectivity index (χ4n) is 3.25. The van der Waals surface area contributed by atoms with Crippen molar-refractivity contribution in [3.05, 3.63) is 53.9 Å². The van der Waals surface area contributed by atoms with Crippen LogP contribution in [0.15, 0.2) is 47.7 Å². The zero-order chi connectivity index (χ0) is 16.2. The Bertz CT molecular complexity index is 706. The molecule has 0 amide bonds. The van der Waals surface area contributed by atoms with E-state index in [2.05, 4.69) is 54.3 Å². The number of fused-ring (bicyclic) bond motifs is 1. The van der Waals surface area contributed by atoms with Crippen molar-refractivity contribution >= 4 is 11.8 Å². The molecule has 0 radical (unpaired) electrons. The van der Waals surface area contributed by atoms with Crippen LogP contribution >= 0.6 is 0 Å². The van der Waals surface area contributed by atoms with Gasteiger partial charge in [-0.3, -0.25) is 9.89 Å². The van der Waals surface area contributed by atoms with Gasteiger partial charge in [0.15, 0.2) is 0 Å². The summed E-state index contributed by atoms with van der Waals surface area (Å²) in [5.74, 6) is 1.88. The largest absolute Gasteiger partial charge is 0.369 e. The Morgan fingerprint density at radius 2 is 1.75 bits per heavy atom. The Morgan fingerprint density at radius 1 is 0.958 bits per heavy atom. The number of nitrogens with one attached hydrogen (secondary N) is 1. The molecule has 6 nitrogen and oxygen atoms in total. The van der Waals surface area contributed by atoms with Gasteiger partial charge in [0.1, 0.15) is 5.84 Å². The van der Waals surface area contributed by atoms with Crippen molar-refractivity contribution in [1.29, 1.82) is 0 Å². The fraction of sp³-hybridized carbons (Fsp3) is 0.389. The second kappa shape index (κ2) is 6.97. The molecular weight excluding hydrogens is 300 g/mol. The van der Waals surface area contributed by atoms with Crippen molar-refractivity contribution in [3.63, 3.8) is 0 Å². The van der Waals surface area contributed by atoms with Gasteiger partial charge in [0, 0.05) is 57.2 Å². The minimum Gasteiger partial charge on any atom is -0.369 e. The molecule has 0 bridgehead atoms. The number of amidine groups is 1. The molecule has 0 aliphatic carbocycles. The molecule has 1 aromatic carbocycles. The monoisotopic (exact) mass is 322 g/mol. The minimum atomic E-state index is 0.800. The van der Waals surface area contributed by atoms with Crippen LogP contribution in [0.4, 0.5) is 5.95 Å². The van der Waals surface area contributed by atoms with Crippen LogP contribution in [0.25, 0.3) is 0 Å². The maximum Gasteiger partial charge on any atom is 0.225 e. The zero-order valence-corrected chi connectivity index (χ0v) is 13.7. The molecule has 0 saturated carbocycles. The molecule has 3 heterocycles. The summed E-state index contributed by atoms with van der Waals surface area (Å²) < 4.78 is 0. The zero-order valence-electron chi connectivity index (χ0n) is 13.7. The van der Waals surface area contributed by atoms with Crippen LogP contribution in [-0.2, 0) is 6.54 Å². The van der Waals surface area contributed by atoms with E-state index >= 15 is 0 Å². The second-order valence-electron chi connectivity index (χ2n) is 6.13. The summed E-state index contributed by atoms with van der Waals surface area (Å²) in [4.78, 5) is 18.0. The van der Waals surface area contributed by atoms with Gasteiger partial charge in [-0.15, -0.1) is 0 Å². The summed E-state index contributed by atoms with van der Waals surface area (Å²) in [6.07, 6.45) is 3.61. The van der Waals surface area contributed by atoms with E-state index < -0.39 is 0 Å². The van der Waals surface area contributed by atoms with Crippen LogP contribution in [0, 0.1) is 0 Å². The quantitative estimate of drug-likeness (QED) is 0.915. The third-order valence-electron chi connectivity index (χ3n) is 4.61. The van der Waals surface area contributed by atoms with Gasteiger partial charge in [-0.1, -0.05) is 24.3 Å². The first-order valence-electron chi connectivity index (χ1n) is 8.51. The molecular formula is C18H22N6. The first kappa shape index (κ1) is 15.1. The number of piperazine rings is 1. The molecule has 6 heteroatoms. The third kappa shape index (κ3) is 3.23. The van der Waals surface area contributed by atoms with E-state index in [9.17, 15) is 0 Å². The summed E-state index contributed by atoms with van der Waals surface area (Å²) in [5.41, 5.74) is 2.57. The maximum atomic E-state index is 4.60. The third-order valence-corrected chi connectivity index (χ3v) is 4.61. The number of aliphatic imine (C=N–C) groups is 1. The molecule has 1 aromatic heterocycles. The average molecular weight is 322 g/mol. The van der Waals surface area contributed by atoms with Crippen LogP contribution in [0.5, 0.6) is 0 Å².